The van der Waals surface area contributed by atoms with Crippen molar-refractivity contribution < 1.29 is 37.3 Å². The summed E-state index contributed by atoms with van der Waals surface area (Å²) in [5.74, 6) is -1.60. The van der Waals surface area contributed by atoms with E-state index >= 15 is 0 Å². The predicted molar refractivity (Wildman–Crippen MR) is 170 cm³/mol. The Labute approximate surface area is 272 Å². The summed E-state index contributed by atoms with van der Waals surface area (Å²) in [6, 6.07) is 13.2. The van der Waals surface area contributed by atoms with E-state index in [0.717, 1.165) is 17.3 Å². The molecule has 13 nitrogen and oxygen atoms in total. The van der Waals surface area contributed by atoms with Gasteiger partial charge in [0, 0.05) is 12.4 Å². The van der Waals surface area contributed by atoms with Gasteiger partial charge in [-0.15, -0.1) is 0 Å². The second-order valence-electron chi connectivity index (χ2n) is 10.2. The third-order valence-corrected chi connectivity index (χ3v) is 8.43. The van der Waals surface area contributed by atoms with Crippen LogP contribution in [0, 0.1) is 0 Å². The molecule has 0 bridgehead atoms. The predicted octanol–water partition coefficient (Wildman–Crippen LogP) is 5.56. The maximum atomic E-state index is 13.6. The van der Waals surface area contributed by atoms with Crippen molar-refractivity contribution in [2.24, 2.45) is 0 Å². The standard InChI is InChI=1S/C29H30BrN5O8S2/c1-29(2,3)18-9-11-20(12-10-18)45(38,39)35-25-24(43-22-8-6-5-7-21(22)40-4)26(34-28(33-25)44-17-23(36)37)41-13-14-42-27-31-15-19(30)16-32-27/h5-12,15-16H,13-14,17H2,1-4H3,(H,36,37)(H,33,34,35). The van der Waals surface area contributed by atoms with E-state index in [-0.39, 0.29) is 57.9 Å². The van der Waals surface area contributed by atoms with E-state index in [0.29, 0.717) is 10.2 Å². The van der Waals surface area contributed by atoms with Gasteiger partial charge in [0.2, 0.25) is 5.75 Å². The number of aliphatic carboxylic acids is 1. The van der Waals surface area contributed by atoms with Crippen molar-refractivity contribution in [1.82, 2.24) is 19.9 Å². The lowest BCUT2D eigenvalue weighted by Crippen LogP contribution is -2.18. The highest BCUT2D eigenvalue weighted by Crippen LogP contribution is 2.41. The second-order valence-corrected chi connectivity index (χ2v) is 13.7. The van der Waals surface area contributed by atoms with Crippen molar-refractivity contribution in [2.45, 2.75) is 36.2 Å². The highest BCUT2D eigenvalue weighted by molar-refractivity contribution is 9.10. The molecule has 16 heteroatoms. The number of hydrogen-bond acceptors (Lipinski definition) is 12. The maximum Gasteiger partial charge on any atom is 0.316 e. The van der Waals surface area contributed by atoms with Crippen LogP contribution in [0.4, 0.5) is 5.82 Å². The molecule has 0 aliphatic heterocycles. The van der Waals surface area contributed by atoms with Gasteiger partial charge >= 0.3 is 12.0 Å². The number of benzene rings is 2. The number of carbonyl (C=O) groups is 1. The first-order valence-corrected chi connectivity index (χ1v) is 16.6. The van der Waals surface area contributed by atoms with Crippen LogP contribution >= 0.6 is 27.7 Å². The van der Waals surface area contributed by atoms with E-state index < -0.39 is 21.7 Å². The minimum Gasteiger partial charge on any atom is -0.493 e. The van der Waals surface area contributed by atoms with Gasteiger partial charge in [0.05, 0.1) is 22.2 Å². The number of nitrogens with one attached hydrogen (secondary N) is 1. The molecular weight excluding hydrogens is 690 g/mol. The number of carboxylic acids is 1. The Morgan fingerprint density at radius 2 is 1.62 bits per heavy atom. The Morgan fingerprint density at radius 3 is 2.24 bits per heavy atom. The summed E-state index contributed by atoms with van der Waals surface area (Å²) in [4.78, 5) is 28.0. The lowest BCUT2D eigenvalue weighted by atomic mass is 9.87. The summed E-state index contributed by atoms with van der Waals surface area (Å²) < 4.78 is 53.3. The zero-order valence-corrected chi connectivity index (χ0v) is 27.9. The molecule has 0 unspecified atom stereocenters. The Hall–Kier alpha value is -4.15. The van der Waals surface area contributed by atoms with Gasteiger partial charge in [-0.25, -0.2) is 23.4 Å². The Kier molecular flexibility index (Phi) is 11.1. The zero-order chi connectivity index (χ0) is 32.6. The van der Waals surface area contributed by atoms with Crippen LogP contribution in [0.1, 0.15) is 26.3 Å². The van der Waals surface area contributed by atoms with Crippen LogP contribution in [-0.2, 0) is 20.2 Å². The summed E-state index contributed by atoms with van der Waals surface area (Å²) in [5.41, 5.74) is 0.760. The molecule has 2 heterocycles. The van der Waals surface area contributed by atoms with E-state index in [1.807, 2.05) is 20.8 Å². The number of rotatable bonds is 14. The van der Waals surface area contributed by atoms with Crippen molar-refractivity contribution in [3.8, 4) is 29.1 Å². The van der Waals surface area contributed by atoms with Crippen molar-refractivity contribution in [3.63, 3.8) is 0 Å². The van der Waals surface area contributed by atoms with Gasteiger partial charge in [-0.05, 0) is 51.2 Å². The fourth-order valence-corrected chi connectivity index (χ4v) is 5.41. The average molecular weight is 721 g/mol. The normalized spacial score (nSPS) is 11.5. The number of ether oxygens (including phenoxy) is 4. The van der Waals surface area contributed by atoms with E-state index in [2.05, 4.69) is 40.6 Å². The lowest BCUT2D eigenvalue weighted by Gasteiger charge is -2.20. The van der Waals surface area contributed by atoms with Crippen LogP contribution in [-0.4, -0.2) is 65.5 Å². The molecule has 4 aromatic rings. The number of anilines is 1. The fraction of sp³-hybridized carbons (Fsp3) is 0.276. The molecule has 0 aliphatic rings. The molecule has 0 saturated carbocycles. The molecule has 0 spiro atoms. The number of carboxylic acid groups (broad SMARTS) is 1. The first-order valence-electron chi connectivity index (χ1n) is 13.3. The summed E-state index contributed by atoms with van der Waals surface area (Å²) in [5, 5.41) is 9.17. The van der Waals surface area contributed by atoms with Crippen LogP contribution < -0.4 is 23.7 Å². The third kappa shape index (κ3) is 9.42. The molecule has 0 amide bonds. The summed E-state index contributed by atoms with van der Waals surface area (Å²) in [6.07, 6.45) is 3.04. The van der Waals surface area contributed by atoms with Crippen molar-refractivity contribution in [3.05, 3.63) is 71.0 Å². The monoisotopic (exact) mass is 719 g/mol. The molecule has 0 aliphatic carbocycles. The second kappa shape index (κ2) is 14.8. The molecule has 2 N–H and O–H groups in total. The quantitative estimate of drug-likeness (QED) is 0.0943. The number of para-hydroxylation sites is 2. The van der Waals surface area contributed by atoms with E-state index in [1.54, 1.807) is 36.4 Å². The molecule has 2 aromatic carbocycles. The molecule has 0 radical (unpaired) electrons. The summed E-state index contributed by atoms with van der Waals surface area (Å²) in [7, 11) is -2.76. The van der Waals surface area contributed by atoms with Crippen LogP contribution in [0.3, 0.4) is 0 Å². The van der Waals surface area contributed by atoms with Crippen LogP contribution in [0.15, 0.2) is 75.4 Å². The van der Waals surface area contributed by atoms with Crippen molar-refractivity contribution >= 4 is 49.5 Å². The average Bonchev–Trinajstić information content (AvgIpc) is 3.00. The van der Waals surface area contributed by atoms with Gasteiger partial charge in [0.1, 0.15) is 13.2 Å². The molecule has 45 heavy (non-hydrogen) atoms. The van der Waals surface area contributed by atoms with Crippen molar-refractivity contribution in [2.75, 3.05) is 30.8 Å². The van der Waals surface area contributed by atoms with Gasteiger partial charge in [-0.2, -0.15) is 4.98 Å². The zero-order valence-electron chi connectivity index (χ0n) is 24.7. The molecule has 0 atom stereocenters. The fourth-order valence-electron chi connectivity index (χ4n) is 3.64. The topological polar surface area (TPSA) is 172 Å². The molecular formula is C29H30BrN5O8S2. The van der Waals surface area contributed by atoms with E-state index in [1.165, 1.54) is 31.6 Å². The number of methoxy groups -OCH3 is 1. The first-order chi connectivity index (χ1) is 21.4. The first kappa shape index (κ1) is 33.7. The smallest absolute Gasteiger partial charge is 0.316 e. The largest absolute Gasteiger partial charge is 0.493 e. The van der Waals surface area contributed by atoms with E-state index in [4.69, 9.17) is 18.9 Å². The van der Waals surface area contributed by atoms with Crippen LogP contribution in [0.2, 0.25) is 0 Å². The van der Waals surface area contributed by atoms with Crippen LogP contribution in [0.5, 0.6) is 29.1 Å². The highest BCUT2D eigenvalue weighted by Gasteiger charge is 2.26. The summed E-state index contributed by atoms with van der Waals surface area (Å²) >= 11 is 4.03. The third-order valence-electron chi connectivity index (χ3n) is 5.83. The molecule has 238 valence electrons. The van der Waals surface area contributed by atoms with Gasteiger partial charge in [-0.1, -0.05) is 56.8 Å². The Bertz CT molecular complexity index is 1740. The number of halogens is 1. The molecule has 0 saturated heterocycles. The van der Waals surface area contributed by atoms with Gasteiger partial charge in [0.25, 0.3) is 15.9 Å². The Balaban J connectivity index is 1.72. The van der Waals surface area contributed by atoms with Crippen LogP contribution in [0.25, 0.3) is 0 Å². The molecule has 2 aromatic heterocycles. The van der Waals surface area contributed by atoms with Gasteiger partial charge < -0.3 is 24.1 Å². The number of sulfonamides is 1. The number of nitrogens with zero attached hydrogens (tertiary/aromatic N) is 4. The minimum absolute atomic E-state index is 0.0154. The van der Waals surface area contributed by atoms with Gasteiger partial charge in [0.15, 0.2) is 22.5 Å². The SMILES string of the molecule is COc1ccccc1Oc1c(NS(=O)(=O)c2ccc(C(C)(C)C)cc2)nc(SCC(=O)O)nc1OCCOc1ncc(Br)cn1. The molecule has 4 rings (SSSR count). The summed E-state index contributed by atoms with van der Waals surface area (Å²) in [6.45, 7) is 5.95. The number of thioether (sulfide) groups is 1. The maximum absolute atomic E-state index is 13.6. The minimum atomic E-state index is -4.21. The van der Waals surface area contributed by atoms with Crippen molar-refractivity contribution in [1.29, 1.82) is 0 Å². The molecule has 0 fully saturated rings. The Morgan fingerprint density at radius 1 is 0.978 bits per heavy atom. The van der Waals surface area contributed by atoms with E-state index in [9.17, 15) is 18.3 Å². The number of aromatic nitrogens is 4. The lowest BCUT2D eigenvalue weighted by molar-refractivity contribution is -0.133. The number of hydrogen-bond donors (Lipinski definition) is 2. The van der Waals surface area contributed by atoms with Gasteiger partial charge in [-0.3, -0.25) is 9.52 Å². The highest BCUT2D eigenvalue weighted by atomic mass is 79.9.